The normalized spacial score (nSPS) is 16.9. The lowest BCUT2D eigenvalue weighted by atomic mass is 10.2. The first-order valence-corrected chi connectivity index (χ1v) is 7.02. The molecular formula is C13H15Cl2FN2O2. The summed E-state index contributed by atoms with van der Waals surface area (Å²) >= 11 is 11.9. The van der Waals surface area contributed by atoms with Gasteiger partial charge in [0.15, 0.2) is 0 Å². The second-order valence-corrected chi connectivity index (χ2v) is 5.36. The van der Waals surface area contributed by atoms with E-state index in [1.165, 1.54) is 0 Å². The molecule has 0 spiro atoms. The van der Waals surface area contributed by atoms with E-state index in [4.69, 9.17) is 27.9 Å². The molecule has 1 aliphatic rings. The minimum atomic E-state index is -0.516. The zero-order valence-corrected chi connectivity index (χ0v) is 12.5. The van der Waals surface area contributed by atoms with Crippen LogP contribution in [-0.4, -0.2) is 43.2 Å². The molecular weight excluding hydrogens is 306 g/mol. The molecule has 4 nitrogen and oxygen atoms in total. The monoisotopic (exact) mass is 320 g/mol. The van der Waals surface area contributed by atoms with Crippen LogP contribution in [0.2, 0.25) is 10.0 Å². The number of hydrogen-bond donors (Lipinski definition) is 1. The van der Waals surface area contributed by atoms with Crippen molar-refractivity contribution in [2.45, 2.75) is 13.0 Å². The Labute approximate surface area is 126 Å². The van der Waals surface area contributed by atoms with Crippen molar-refractivity contribution in [1.29, 1.82) is 0 Å². The minimum Gasteiger partial charge on any atom is -0.378 e. The largest absolute Gasteiger partial charge is 0.378 e. The number of hydrogen-bond acceptors (Lipinski definition) is 3. The number of carbonyl (C=O) groups excluding carboxylic acids is 1. The van der Waals surface area contributed by atoms with Gasteiger partial charge in [-0.25, -0.2) is 4.39 Å². The van der Waals surface area contributed by atoms with Crippen LogP contribution in [0.25, 0.3) is 0 Å². The Hall–Kier alpha value is -1.04. The summed E-state index contributed by atoms with van der Waals surface area (Å²) in [6.45, 7) is 3.92. The topological polar surface area (TPSA) is 41.6 Å². The molecule has 1 fully saturated rings. The van der Waals surface area contributed by atoms with E-state index in [1.807, 2.05) is 0 Å². The van der Waals surface area contributed by atoms with Gasteiger partial charge in [-0.05, 0) is 19.1 Å². The van der Waals surface area contributed by atoms with Gasteiger partial charge in [0.05, 0.1) is 28.9 Å². The van der Waals surface area contributed by atoms with Crippen molar-refractivity contribution < 1.29 is 13.9 Å². The number of anilines is 1. The molecule has 1 unspecified atom stereocenters. The van der Waals surface area contributed by atoms with Crippen LogP contribution in [0.4, 0.5) is 10.1 Å². The van der Waals surface area contributed by atoms with Gasteiger partial charge < -0.3 is 15.0 Å². The lowest BCUT2D eigenvalue weighted by molar-refractivity contribution is -0.135. The summed E-state index contributed by atoms with van der Waals surface area (Å²) in [4.78, 5) is 14.0. The van der Waals surface area contributed by atoms with Gasteiger partial charge in [-0.1, -0.05) is 23.2 Å². The lowest BCUT2D eigenvalue weighted by Crippen LogP contribution is -2.47. The van der Waals surface area contributed by atoms with Gasteiger partial charge in [0.2, 0.25) is 5.91 Å². The number of nitrogens with zero attached hydrogens (tertiary/aromatic N) is 1. The van der Waals surface area contributed by atoms with Crippen molar-refractivity contribution in [1.82, 2.24) is 4.90 Å². The first-order chi connectivity index (χ1) is 9.49. The van der Waals surface area contributed by atoms with Gasteiger partial charge in [0.25, 0.3) is 0 Å². The van der Waals surface area contributed by atoms with Crippen molar-refractivity contribution in [3.8, 4) is 0 Å². The van der Waals surface area contributed by atoms with Gasteiger partial charge in [-0.2, -0.15) is 0 Å². The second-order valence-electron chi connectivity index (χ2n) is 4.55. The fraction of sp³-hybridized carbons (Fsp3) is 0.462. The van der Waals surface area contributed by atoms with Crippen LogP contribution in [-0.2, 0) is 9.53 Å². The van der Waals surface area contributed by atoms with E-state index in [-0.39, 0.29) is 16.0 Å². The molecule has 0 aliphatic carbocycles. The molecule has 1 heterocycles. The predicted molar refractivity (Wildman–Crippen MR) is 76.9 cm³/mol. The van der Waals surface area contributed by atoms with E-state index >= 15 is 0 Å². The maximum absolute atomic E-state index is 13.1. The summed E-state index contributed by atoms with van der Waals surface area (Å²) < 4.78 is 18.3. The number of rotatable bonds is 3. The highest BCUT2D eigenvalue weighted by Crippen LogP contribution is 2.32. The van der Waals surface area contributed by atoms with Crippen LogP contribution in [0.15, 0.2) is 12.1 Å². The molecule has 1 aromatic carbocycles. The number of benzene rings is 1. The summed E-state index contributed by atoms with van der Waals surface area (Å²) in [5.74, 6) is -0.581. The molecule has 110 valence electrons. The van der Waals surface area contributed by atoms with E-state index in [0.717, 1.165) is 12.1 Å². The number of nitrogens with one attached hydrogen (secondary N) is 1. The zero-order chi connectivity index (χ0) is 14.7. The van der Waals surface area contributed by atoms with Crippen molar-refractivity contribution in [2.24, 2.45) is 0 Å². The molecule has 7 heteroatoms. The van der Waals surface area contributed by atoms with Gasteiger partial charge in [0.1, 0.15) is 11.9 Å². The lowest BCUT2D eigenvalue weighted by Gasteiger charge is -2.30. The van der Waals surface area contributed by atoms with Crippen molar-refractivity contribution >= 4 is 34.8 Å². The first-order valence-electron chi connectivity index (χ1n) is 6.26. The van der Waals surface area contributed by atoms with Crippen LogP contribution in [0, 0.1) is 5.82 Å². The third-order valence-corrected chi connectivity index (χ3v) is 3.66. The van der Waals surface area contributed by atoms with Crippen LogP contribution >= 0.6 is 23.2 Å². The first kappa shape index (κ1) is 15.4. The average Bonchev–Trinajstić information content (AvgIpc) is 2.42. The smallest absolute Gasteiger partial charge is 0.244 e. The Morgan fingerprint density at radius 2 is 1.90 bits per heavy atom. The highest BCUT2D eigenvalue weighted by Gasteiger charge is 2.23. The Morgan fingerprint density at radius 1 is 1.35 bits per heavy atom. The van der Waals surface area contributed by atoms with Crippen LogP contribution in [0.5, 0.6) is 0 Å². The van der Waals surface area contributed by atoms with Crippen LogP contribution in [0.3, 0.4) is 0 Å². The van der Waals surface area contributed by atoms with E-state index in [1.54, 1.807) is 11.8 Å². The standard InChI is InChI=1S/C13H15Cl2FN2O2/c1-8(13(19)18-2-4-20-5-3-18)17-12-10(14)6-9(16)7-11(12)15/h6-8,17H,2-5H2,1H3. The highest BCUT2D eigenvalue weighted by atomic mass is 35.5. The number of halogens is 3. The molecule has 0 radical (unpaired) electrons. The average molecular weight is 321 g/mol. The summed E-state index contributed by atoms with van der Waals surface area (Å²) in [5.41, 5.74) is 0.365. The summed E-state index contributed by atoms with van der Waals surface area (Å²) in [5, 5.41) is 3.24. The molecule has 1 N–H and O–H groups in total. The van der Waals surface area contributed by atoms with Crippen molar-refractivity contribution in [3.05, 3.63) is 28.0 Å². The fourth-order valence-corrected chi connectivity index (χ4v) is 2.59. The molecule has 1 aromatic rings. The molecule has 20 heavy (non-hydrogen) atoms. The Morgan fingerprint density at radius 3 is 2.45 bits per heavy atom. The third-order valence-electron chi connectivity index (χ3n) is 3.06. The van der Waals surface area contributed by atoms with Gasteiger partial charge in [-0.3, -0.25) is 4.79 Å². The Kier molecular flexibility index (Phi) is 5.07. The van der Waals surface area contributed by atoms with Gasteiger partial charge >= 0.3 is 0 Å². The SMILES string of the molecule is CC(Nc1c(Cl)cc(F)cc1Cl)C(=O)N1CCOCC1. The molecule has 1 saturated heterocycles. The van der Waals surface area contributed by atoms with Crippen LogP contribution < -0.4 is 5.32 Å². The van der Waals surface area contributed by atoms with Gasteiger partial charge in [0, 0.05) is 13.1 Å². The maximum atomic E-state index is 13.1. The van der Waals surface area contributed by atoms with E-state index in [2.05, 4.69) is 5.32 Å². The third kappa shape index (κ3) is 3.53. The molecule has 1 aliphatic heterocycles. The summed E-state index contributed by atoms with van der Waals surface area (Å²) in [6, 6.07) is 1.80. The zero-order valence-electron chi connectivity index (χ0n) is 11.0. The van der Waals surface area contributed by atoms with Crippen LogP contribution in [0.1, 0.15) is 6.92 Å². The predicted octanol–water partition coefficient (Wildman–Crippen LogP) is 2.79. The Bertz CT molecular complexity index is 484. The summed E-state index contributed by atoms with van der Waals surface area (Å²) in [6.07, 6.45) is 0. The summed E-state index contributed by atoms with van der Waals surface area (Å²) in [7, 11) is 0. The molecule has 0 aromatic heterocycles. The number of amides is 1. The van der Waals surface area contributed by atoms with E-state index in [9.17, 15) is 9.18 Å². The molecule has 2 rings (SSSR count). The molecule has 0 saturated carbocycles. The number of morpholine rings is 1. The van der Waals surface area contributed by atoms with E-state index < -0.39 is 11.9 Å². The van der Waals surface area contributed by atoms with Crippen molar-refractivity contribution in [3.63, 3.8) is 0 Å². The minimum absolute atomic E-state index is 0.0650. The molecule has 1 atom stereocenters. The maximum Gasteiger partial charge on any atom is 0.244 e. The molecule has 1 amide bonds. The second kappa shape index (κ2) is 6.61. The number of carbonyl (C=O) groups is 1. The van der Waals surface area contributed by atoms with E-state index in [0.29, 0.717) is 32.0 Å². The van der Waals surface area contributed by atoms with Crippen molar-refractivity contribution in [2.75, 3.05) is 31.6 Å². The van der Waals surface area contributed by atoms with Gasteiger partial charge in [-0.15, -0.1) is 0 Å². The quantitative estimate of drug-likeness (QED) is 0.931. The number of ether oxygens (including phenoxy) is 1. The Balaban J connectivity index is 2.07. The molecule has 0 bridgehead atoms. The highest BCUT2D eigenvalue weighted by molar-refractivity contribution is 6.39. The fourth-order valence-electron chi connectivity index (χ4n) is 2.02.